The summed E-state index contributed by atoms with van der Waals surface area (Å²) in [4.78, 5) is 36.1. The SMILES string of the molecule is COc1ccccc1C(=O)N/C(=C\c1ccccc1)C(=O)NCCCOC(C)=O. The van der Waals surface area contributed by atoms with Crippen LogP contribution in [-0.4, -0.2) is 38.0 Å². The fourth-order valence-corrected chi connectivity index (χ4v) is 2.48. The second kappa shape index (κ2) is 11.3. The Morgan fingerprint density at radius 3 is 2.38 bits per heavy atom. The standard InChI is InChI=1S/C22H24N2O5/c1-16(25)29-14-8-13-23-22(27)19(15-17-9-4-3-5-10-17)24-21(26)18-11-6-7-12-20(18)28-2/h3-7,9-12,15H,8,13-14H2,1-2H3,(H,23,27)(H,24,26)/b19-15-. The number of hydrogen-bond donors (Lipinski definition) is 2. The van der Waals surface area contributed by atoms with E-state index in [0.29, 0.717) is 24.3 Å². The lowest BCUT2D eigenvalue weighted by molar-refractivity contribution is -0.141. The summed E-state index contributed by atoms with van der Waals surface area (Å²) in [6.45, 7) is 1.83. The van der Waals surface area contributed by atoms with Crippen LogP contribution in [0.1, 0.15) is 29.3 Å². The zero-order chi connectivity index (χ0) is 21.1. The Morgan fingerprint density at radius 1 is 1.00 bits per heavy atom. The van der Waals surface area contributed by atoms with Crippen LogP contribution in [-0.2, 0) is 14.3 Å². The Balaban J connectivity index is 2.13. The van der Waals surface area contributed by atoms with Gasteiger partial charge in [0.1, 0.15) is 11.4 Å². The van der Waals surface area contributed by atoms with Gasteiger partial charge >= 0.3 is 5.97 Å². The first-order valence-electron chi connectivity index (χ1n) is 9.14. The van der Waals surface area contributed by atoms with Crippen molar-refractivity contribution in [1.29, 1.82) is 0 Å². The molecule has 0 saturated heterocycles. The molecule has 2 aromatic carbocycles. The van der Waals surface area contributed by atoms with E-state index >= 15 is 0 Å². The minimum Gasteiger partial charge on any atom is -0.496 e. The average Bonchev–Trinajstić information content (AvgIpc) is 2.73. The van der Waals surface area contributed by atoms with Crippen LogP contribution in [0.5, 0.6) is 5.75 Å². The number of ether oxygens (including phenoxy) is 2. The highest BCUT2D eigenvalue weighted by Gasteiger charge is 2.17. The van der Waals surface area contributed by atoms with Crippen LogP contribution in [0.2, 0.25) is 0 Å². The van der Waals surface area contributed by atoms with Gasteiger partial charge < -0.3 is 20.1 Å². The normalized spacial score (nSPS) is 10.8. The Bertz CT molecular complexity index is 878. The molecule has 0 aliphatic rings. The molecule has 7 nitrogen and oxygen atoms in total. The van der Waals surface area contributed by atoms with Crippen LogP contribution in [0.3, 0.4) is 0 Å². The highest BCUT2D eigenvalue weighted by atomic mass is 16.5. The van der Waals surface area contributed by atoms with Gasteiger partial charge in [0.2, 0.25) is 0 Å². The molecule has 0 unspecified atom stereocenters. The number of methoxy groups -OCH3 is 1. The molecule has 152 valence electrons. The predicted octanol–water partition coefficient (Wildman–Crippen LogP) is 2.54. The molecule has 0 spiro atoms. The van der Waals surface area contributed by atoms with E-state index in [9.17, 15) is 14.4 Å². The second-order valence-electron chi connectivity index (χ2n) is 6.07. The highest BCUT2D eigenvalue weighted by molar-refractivity contribution is 6.06. The van der Waals surface area contributed by atoms with Crippen molar-refractivity contribution >= 4 is 23.9 Å². The van der Waals surface area contributed by atoms with Crippen molar-refractivity contribution in [2.24, 2.45) is 0 Å². The number of carbonyl (C=O) groups excluding carboxylic acids is 3. The number of nitrogens with one attached hydrogen (secondary N) is 2. The molecule has 0 bridgehead atoms. The van der Waals surface area contributed by atoms with Crippen molar-refractivity contribution in [3.63, 3.8) is 0 Å². The first-order valence-corrected chi connectivity index (χ1v) is 9.14. The minimum absolute atomic E-state index is 0.0968. The molecule has 0 radical (unpaired) electrons. The van der Waals surface area contributed by atoms with Crippen LogP contribution in [0, 0.1) is 0 Å². The van der Waals surface area contributed by atoms with E-state index in [4.69, 9.17) is 9.47 Å². The van der Waals surface area contributed by atoms with E-state index in [1.807, 2.05) is 30.3 Å². The van der Waals surface area contributed by atoms with Gasteiger partial charge in [-0.2, -0.15) is 0 Å². The van der Waals surface area contributed by atoms with Crippen molar-refractivity contribution in [3.8, 4) is 5.75 Å². The number of carbonyl (C=O) groups is 3. The molecule has 0 fully saturated rings. The minimum atomic E-state index is -0.459. The van der Waals surface area contributed by atoms with Crippen molar-refractivity contribution in [3.05, 3.63) is 71.4 Å². The van der Waals surface area contributed by atoms with Crippen LogP contribution >= 0.6 is 0 Å². The molecule has 29 heavy (non-hydrogen) atoms. The van der Waals surface area contributed by atoms with Gasteiger partial charge in [0.15, 0.2) is 0 Å². The molecule has 2 amide bonds. The van der Waals surface area contributed by atoms with E-state index in [1.54, 1.807) is 30.3 Å². The number of esters is 1. The lowest BCUT2D eigenvalue weighted by Gasteiger charge is -2.13. The number of rotatable bonds is 9. The van der Waals surface area contributed by atoms with E-state index in [1.165, 1.54) is 14.0 Å². The van der Waals surface area contributed by atoms with Crippen molar-refractivity contribution in [2.75, 3.05) is 20.3 Å². The predicted molar refractivity (Wildman–Crippen MR) is 109 cm³/mol. The largest absolute Gasteiger partial charge is 0.496 e. The third kappa shape index (κ3) is 7.14. The first kappa shape index (κ1) is 21.7. The molecule has 2 N–H and O–H groups in total. The summed E-state index contributed by atoms with van der Waals surface area (Å²) in [6, 6.07) is 15.9. The molecule has 0 aliphatic carbocycles. The van der Waals surface area contributed by atoms with Gasteiger partial charge in [-0.1, -0.05) is 42.5 Å². The lowest BCUT2D eigenvalue weighted by Crippen LogP contribution is -2.35. The first-order chi connectivity index (χ1) is 14.0. The lowest BCUT2D eigenvalue weighted by atomic mass is 10.1. The summed E-state index contributed by atoms with van der Waals surface area (Å²) in [5, 5.41) is 5.38. The Labute approximate surface area is 169 Å². The summed E-state index contributed by atoms with van der Waals surface area (Å²) in [6.07, 6.45) is 2.05. The number of hydrogen-bond acceptors (Lipinski definition) is 5. The summed E-state index contributed by atoms with van der Waals surface area (Å²) < 4.78 is 10.1. The van der Waals surface area contributed by atoms with Crippen molar-refractivity contribution < 1.29 is 23.9 Å². The van der Waals surface area contributed by atoms with Crippen LogP contribution in [0.4, 0.5) is 0 Å². The Kier molecular flexibility index (Phi) is 8.44. The van der Waals surface area contributed by atoms with Gasteiger partial charge in [-0.3, -0.25) is 14.4 Å². The molecule has 0 aliphatic heterocycles. The van der Waals surface area contributed by atoms with E-state index in [2.05, 4.69) is 10.6 Å². The van der Waals surface area contributed by atoms with Crippen LogP contribution < -0.4 is 15.4 Å². The van der Waals surface area contributed by atoms with Crippen LogP contribution in [0.25, 0.3) is 6.08 Å². The number of amides is 2. The summed E-state index contributed by atoms with van der Waals surface area (Å²) in [5.74, 6) is -0.865. The summed E-state index contributed by atoms with van der Waals surface area (Å²) in [5.41, 5.74) is 1.18. The summed E-state index contributed by atoms with van der Waals surface area (Å²) in [7, 11) is 1.47. The number of benzene rings is 2. The fourth-order valence-electron chi connectivity index (χ4n) is 2.48. The monoisotopic (exact) mass is 396 g/mol. The zero-order valence-corrected chi connectivity index (χ0v) is 16.4. The maximum atomic E-state index is 12.7. The maximum absolute atomic E-state index is 12.7. The fraction of sp³-hybridized carbons (Fsp3) is 0.227. The van der Waals surface area contributed by atoms with Crippen molar-refractivity contribution in [1.82, 2.24) is 10.6 Å². The molecule has 0 aromatic heterocycles. The zero-order valence-electron chi connectivity index (χ0n) is 16.4. The third-order valence-electron chi connectivity index (χ3n) is 3.87. The molecule has 0 atom stereocenters. The van der Waals surface area contributed by atoms with Gasteiger partial charge in [0.25, 0.3) is 11.8 Å². The molecule has 0 saturated carbocycles. The topological polar surface area (TPSA) is 93.7 Å². The molecular weight excluding hydrogens is 372 g/mol. The van der Waals surface area contributed by atoms with Crippen molar-refractivity contribution in [2.45, 2.75) is 13.3 Å². The Hall–Kier alpha value is -3.61. The highest BCUT2D eigenvalue weighted by Crippen LogP contribution is 2.17. The third-order valence-corrected chi connectivity index (χ3v) is 3.87. The quantitative estimate of drug-likeness (QED) is 0.386. The maximum Gasteiger partial charge on any atom is 0.302 e. The molecular formula is C22H24N2O5. The Morgan fingerprint density at radius 2 is 1.69 bits per heavy atom. The van der Waals surface area contributed by atoms with Gasteiger partial charge in [-0.25, -0.2) is 0 Å². The average molecular weight is 396 g/mol. The van der Waals surface area contributed by atoms with E-state index < -0.39 is 11.8 Å². The van der Waals surface area contributed by atoms with E-state index in [-0.39, 0.29) is 18.3 Å². The molecule has 0 heterocycles. The molecule has 7 heteroatoms. The van der Waals surface area contributed by atoms with Gasteiger partial charge in [0, 0.05) is 13.5 Å². The van der Waals surface area contributed by atoms with E-state index in [0.717, 1.165) is 5.56 Å². The van der Waals surface area contributed by atoms with Gasteiger partial charge in [0.05, 0.1) is 19.3 Å². The molecule has 2 rings (SSSR count). The van der Waals surface area contributed by atoms with Gasteiger partial charge in [-0.15, -0.1) is 0 Å². The number of para-hydroxylation sites is 1. The summed E-state index contributed by atoms with van der Waals surface area (Å²) >= 11 is 0. The second-order valence-corrected chi connectivity index (χ2v) is 6.07. The van der Waals surface area contributed by atoms with Gasteiger partial charge in [-0.05, 0) is 30.2 Å². The van der Waals surface area contributed by atoms with Crippen LogP contribution in [0.15, 0.2) is 60.3 Å². The molecule has 2 aromatic rings. The smallest absolute Gasteiger partial charge is 0.302 e.